The van der Waals surface area contributed by atoms with E-state index in [0.717, 1.165) is 16.4 Å². The molecule has 0 aliphatic heterocycles. The smallest absolute Gasteiger partial charge is 0.205 e. The number of aromatic nitrogens is 2. The number of sulfone groups is 1. The Morgan fingerprint density at radius 2 is 1.90 bits per heavy atom. The van der Waals surface area contributed by atoms with Crippen LogP contribution in [0.1, 0.15) is 0 Å². The molecule has 0 saturated heterocycles. The summed E-state index contributed by atoms with van der Waals surface area (Å²) in [5, 5.41) is 0. The van der Waals surface area contributed by atoms with Gasteiger partial charge in [0, 0.05) is 10.7 Å². The Kier molecular flexibility index (Phi) is 3.26. The molecule has 5 nitrogen and oxygen atoms in total. The minimum Gasteiger partial charge on any atom is -0.369 e. The van der Waals surface area contributed by atoms with Gasteiger partial charge in [0.05, 0.1) is 16.1 Å². The Morgan fingerprint density at radius 3 is 2.57 bits per heavy atom. The average Bonchev–Trinajstić information content (AvgIpc) is 2.73. The molecule has 1 heterocycles. The summed E-state index contributed by atoms with van der Waals surface area (Å²) in [6.45, 7) is 0. The van der Waals surface area contributed by atoms with Crippen LogP contribution in [0.2, 0.25) is 0 Å². The Labute approximate surface area is 130 Å². The Balaban J connectivity index is 2.38. The van der Waals surface area contributed by atoms with E-state index in [9.17, 15) is 8.42 Å². The molecular weight excluding hydrogens is 354 g/mol. The minimum atomic E-state index is -3.36. The van der Waals surface area contributed by atoms with Crippen LogP contribution in [0.3, 0.4) is 0 Å². The van der Waals surface area contributed by atoms with Crippen molar-refractivity contribution in [3.8, 4) is 5.69 Å². The Bertz CT molecular complexity index is 948. The third kappa shape index (κ3) is 2.43. The van der Waals surface area contributed by atoms with Gasteiger partial charge in [0.1, 0.15) is 5.52 Å². The summed E-state index contributed by atoms with van der Waals surface area (Å²) in [6, 6.07) is 12.6. The van der Waals surface area contributed by atoms with Crippen molar-refractivity contribution >= 4 is 42.7 Å². The van der Waals surface area contributed by atoms with Crippen molar-refractivity contribution in [1.29, 1.82) is 0 Å². The zero-order valence-electron chi connectivity index (χ0n) is 11.1. The van der Waals surface area contributed by atoms with E-state index in [1.807, 2.05) is 24.3 Å². The van der Waals surface area contributed by atoms with Crippen molar-refractivity contribution in [1.82, 2.24) is 9.55 Å². The van der Waals surface area contributed by atoms with Crippen LogP contribution in [0.25, 0.3) is 16.7 Å². The van der Waals surface area contributed by atoms with E-state index in [4.69, 9.17) is 5.73 Å². The lowest BCUT2D eigenvalue weighted by Gasteiger charge is -2.07. The van der Waals surface area contributed by atoms with Gasteiger partial charge >= 0.3 is 0 Å². The van der Waals surface area contributed by atoms with Crippen molar-refractivity contribution in [3.05, 3.63) is 46.9 Å². The second-order valence-corrected chi connectivity index (χ2v) is 7.58. The van der Waals surface area contributed by atoms with Gasteiger partial charge < -0.3 is 5.73 Å². The number of para-hydroxylation sites is 1. The van der Waals surface area contributed by atoms with Crippen LogP contribution in [0.15, 0.2) is 51.8 Å². The van der Waals surface area contributed by atoms with Gasteiger partial charge in [-0.2, -0.15) is 0 Å². The zero-order chi connectivity index (χ0) is 15.2. The van der Waals surface area contributed by atoms with E-state index in [1.165, 1.54) is 6.07 Å². The van der Waals surface area contributed by atoms with Gasteiger partial charge in [-0.15, -0.1) is 0 Å². The average molecular weight is 366 g/mol. The fourth-order valence-electron chi connectivity index (χ4n) is 2.28. The van der Waals surface area contributed by atoms with Crippen LogP contribution in [0.5, 0.6) is 0 Å². The second-order valence-electron chi connectivity index (χ2n) is 4.68. The Morgan fingerprint density at radius 1 is 1.19 bits per heavy atom. The highest BCUT2D eigenvalue weighted by molar-refractivity contribution is 9.10. The number of hydrogen-bond acceptors (Lipinski definition) is 4. The molecule has 0 radical (unpaired) electrons. The molecule has 7 heteroatoms. The number of nitrogen functional groups attached to an aromatic ring is 1. The van der Waals surface area contributed by atoms with Crippen LogP contribution in [0, 0.1) is 0 Å². The number of hydrogen-bond donors (Lipinski definition) is 1. The molecule has 0 aliphatic carbocycles. The molecule has 0 fully saturated rings. The van der Waals surface area contributed by atoms with E-state index in [2.05, 4.69) is 20.9 Å². The van der Waals surface area contributed by atoms with Crippen LogP contribution >= 0.6 is 15.9 Å². The maximum absolute atomic E-state index is 11.9. The number of fused-ring (bicyclic) bond motifs is 1. The summed E-state index contributed by atoms with van der Waals surface area (Å²) >= 11 is 3.41. The fraction of sp³-hybridized carbons (Fsp3) is 0.0714. The monoisotopic (exact) mass is 365 g/mol. The fourth-order valence-corrected chi connectivity index (χ4v) is 3.49. The van der Waals surface area contributed by atoms with Gasteiger partial charge in [-0.05, 0) is 30.3 Å². The summed E-state index contributed by atoms with van der Waals surface area (Å²) < 4.78 is 26.4. The lowest BCUT2D eigenvalue weighted by atomic mass is 10.3. The van der Waals surface area contributed by atoms with Gasteiger partial charge in [0.25, 0.3) is 0 Å². The van der Waals surface area contributed by atoms with E-state index in [-0.39, 0.29) is 10.8 Å². The van der Waals surface area contributed by atoms with E-state index < -0.39 is 9.84 Å². The number of benzene rings is 2. The van der Waals surface area contributed by atoms with Crippen molar-refractivity contribution in [2.45, 2.75) is 4.90 Å². The lowest BCUT2D eigenvalue weighted by molar-refractivity contribution is 0.602. The molecule has 1 aromatic heterocycles. The number of nitrogens with two attached hydrogens (primary N) is 1. The van der Waals surface area contributed by atoms with Gasteiger partial charge in [-0.25, -0.2) is 13.4 Å². The summed E-state index contributed by atoms with van der Waals surface area (Å²) in [5.74, 6) is 0.249. The van der Waals surface area contributed by atoms with E-state index in [1.54, 1.807) is 16.7 Å². The standard InChI is InChI=1S/C14H12BrN3O2S/c1-21(19,20)12-7-3-6-11-13(12)17-14(16)18(11)10-5-2-4-9(15)8-10/h2-8H,1H3,(H2,16,17). The first-order valence-electron chi connectivity index (χ1n) is 6.11. The molecule has 0 saturated carbocycles. The summed E-state index contributed by atoms with van der Waals surface area (Å²) in [5.41, 5.74) is 7.85. The highest BCUT2D eigenvalue weighted by Crippen LogP contribution is 2.28. The van der Waals surface area contributed by atoms with Gasteiger partial charge in [0.15, 0.2) is 9.84 Å². The lowest BCUT2D eigenvalue weighted by Crippen LogP contribution is -2.00. The van der Waals surface area contributed by atoms with E-state index >= 15 is 0 Å². The normalized spacial score (nSPS) is 11.9. The molecule has 2 N–H and O–H groups in total. The highest BCUT2D eigenvalue weighted by Gasteiger charge is 2.18. The molecular formula is C14H12BrN3O2S. The number of nitrogens with zero attached hydrogens (tertiary/aromatic N) is 2. The van der Waals surface area contributed by atoms with Crippen LogP contribution in [-0.2, 0) is 9.84 Å². The van der Waals surface area contributed by atoms with Crippen LogP contribution < -0.4 is 5.73 Å². The maximum Gasteiger partial charge on any atom is 0.205 e. The summed E-state index contributed by atoms with van der Waals surface area (Å²) in [7, 11) is -3.36. The quantitative estimate of drug-likeness (QED) is 0.757. The SMILES string of the molecule is CS(=O)(=O)c1cccc2c1nc(N)n2-c1cccc(Br)c1. The maximum atomic E-state index is 11.9. The Hall–Kier alpha value is -1.86. The third-order valence-electron chi connectivity index (χ3n) is 3.14. The number of rotatable bonds is 2. The third-order valence-corrected chi connectivity index (χ3v) is 4.76. The topological polar surface area (TPSA) is 78.0 Å². The number of imidazole rings is 1. The molecule has 2 aromatic carbocycles. The number of anilines is 1. The largest absolute Gasteiger partial charge is 0.369 e. The van der Waals surface area contributed by atoms with Gasteiger partial charge in [-0.1, -0.05) is 28.1 Å². The second kappa shape index (κ2) is 4.85. The summed E-state index contributed by atoms with van der Waals surface area (Å²) in [6.07, 6.45) is 1.16. The minimum absolute atomic E-state index is 0.181. The molecule has 3 aromatic rings. The molecule has 0 unspecified atom stereocenters. The molecule has 0 spiro atoms. The van der Waals surface area contributed by atoms with Crippen LogP contribution in [0.4, 0.5) is 5.95 Å². The molecule has 0 bridgehead atoms. The first-order valence-corrected chi connectivity index (χ1v) is 8.79. The van der Waals surface area contributed by atoms with Gasteiger partial charge in [-0.3, -0.25) is 4.57 Å². The van der Waals surface area contributed by atoms with Crippen molar-refractivity contribution < 1.29 is 8.42 Å². The van der Waals surface area contributed by atoms with Crippen LogP contribution in [-0.4, -0.2) is 24.2 Å². The molecule has 0 amide bonds. The van der Waals surface area contributed by atoms with Crippen molar-refractivity contribution in [2.24, 2.45) is 0 Å². The molecule has 3 rings (SSSR count). The molecule has 21 heavy (non-hydrogen) atoms. The van der Waals surface area contributed by atoms with Crippen molar-refractivity contribution in [2.75, 3.05) is 12.0 Å². The zero-order valence-corrected chi connectivity index (χ0v) is 13.5. The predicted molar refractivity (Wildman–Crippen MR) is 86.3 cm³/mol. The number of halogens is 1. The molecule has 0 aliphatic rings. The first-order chi connectivity index (χ1) is 9.88. The van der Waals surface area contributed by atoms with E-state index in [0.29, 0.717) is 11.0 Å². The van der Waals surface area contributed by atoms with Crippen molar-refractivity contribution in [3.63, 3.8) is 0 Å². The van der Waals surface area contributed by atoms with Gasteiger partial charge in [0.2, 0.25) is 5.95 Å². The first kappa shape index (κ1) is 14.1. The molecule has 0 atom stereocenters. The predicted octanol–water partition coefficient (Wildman–Crippen LogP) is 2.77. The molecule has 108 valence electrons. The highest BCUT2D eigenvalue weighted by atomic mass is 79.9. The summed E-state index contributed by atoms with van der Waals surface area (Å²) in [4.78, 5) is 4.41.